The number of hydrogen-bond donors (Lipinski definition) is 1. The zero-order valence-electron chi connectivity index (χ0n) is 25.5. The Morgan fingerprint density at radius 2 is 1.76 bits per heavy atom. The fourth-order valence-electron chi connectivity index (χ4n) is 7.86. The van der Waals surface area contributed by atoms with E-state index in [2.05, 4.69) is 47.8 Å². The molecule has 3 aliphatic heterocycles. The molecular formula is C33H47N3O4S. The molecule has 7 nitrogen and oxygen atoms in total. The average Bonchev–Trinajstić information content (AvgIpc) is 3.54. The fourth-order valence-corrected chi connectivity index (χ4v) is 10.1. The molecule has 1 aromatic rings. The van der Waals surface area contributed by atoms with Crippen molar-refractivity contribution in [3.8, 4) is 0 Å². The first-order valence-electron chi connectivity index (χ1n) is 14.7. The second-order valence-corrected chi connectivity index (χ2v) is 15.3. The van der Waals surface area contributed by atoms with Crippen LogP contribution in [0.15, 0.2) is 55.6 Å². The van der Waals surface area contributed by atoms with Crippen LogP contribution in [0.25, 0.3) is 0 Å². The van der Waals surface area contributed by atoms with Crippen molar-refractivity contribution in [1.82, 2.24) is 14.7 Å². The number of rotatable bonds is 11. The number of likely N-dealkylation sites (N-methyl/N-ethyl adjacent to an activating group) is 1. The summed E-state index contributed by atoms with van der Waals surface area (Å²) < 4.78 is -0.742. The van der Waals surface area contributed by atoms with Crippen molar-refractivity contribution in [2.24, 2.45) is 17.3 Å². The molecule has 41 heavy (non-hydrogen) atoms. The van der Waals surface area contributed by atoms with Gasteiger partial charge in [-0.05, 0) is 44.1 Å². The van der Waals surface area contributed by atoms with Crippen molar-refractivity contribution >= 4 is 29.5 Å². The van der Waals surface area contributed by atoms with E-state index in [1.54, 1.807) is 40.8 Å². The summed E-state index contributed by atoms with van der Waals surface area (Å²) >= 11 is 1.66. The van der Waals surface area contributed by atoms with Crippen LogP contribution in [0.3, 0.4) is 0 Å². The molecule has 0 aromatic heterocycles. The van der Waals surface area contributed by atoms with Gasteiger partial charge in [0, 0.05) is 30.9 Å². The van der Waals surface area contributed by atoms with Crippen LogP contribution in [-0.4, -0.2) is 85.8 Å². The third-order valence-electron chi connectivity index (χ3n) is 9.00. The number of likely N-dealkylation sites (tertiary alicyclic amines) is 1. The summed E-state index contributed by atoms with van der Waals surface area (Å²) in [6.07, 6.45) is 5.63. The molecule has 3 amide bonds. The van der Waals surface area contributed by atoms with Crippen LogP contribution in [0.4, 0.5) is 0 Å². The minimum atomic E-state index is -0.811. The normalized spacial score (nSPS) is 27.9. The van der Waals surface area contributed by atoms with Gasteiger partial charge in [0.05, 0.1) is 29.2 Å². The van der Waals surface area contributed by atoms with Crippen molar-refractivity contribution in [2.45, 2.75) is 81.5 Å². The zero-order chi connectivity index (χ0) is 30.3. The zero-order valence-corrected chi connectivity index (χ0v) is 26.3. The van der Waals surface area contributed by atoms with E-state index in [0.717, 1.165) is 18.4 Å². The van der Waals surface area contributed by atoms with Crippen LogP contribution >= 0.6 is 11.8 Å². The molecule has 1 N–H and O–H groups in total. The number of benzene rings is 1. The Labute approximate surface area is 250 Å². The van der Waals surface area contributed by atoms with Gasteiger partial charge in [-0.3, -0.25) is 14.4 Å². The molecule has 3 fully saturated rings. The highest BCUT2D eigenvalue weighted by molar-refractivity contribution is 8.02. The van der Waals surface area contributed by atoms with Gasteiger partial charge in [-0.2, -0.15) is 0 Å². The second kappa shape index (κ2) is 11.6. The summed E-state index contributed by atoms with van der Waals surface area (Å²) in [4.78, 5) is 48.6. The van der Waals surface area contributed by atoms with E-state index in [1.807, 2.05) is 35.2 Å². The minimum absolute atomic E-state index is 0.0269. The van der Waals surface area contributed by atoms with E-state index >= 15 is 0 Å². The first kappa shape index (κ1) is 31.4. The molecule has 4 rings (SSSR count). The molecule has 0 aliphatic carbocycles. The Morgan fingerprint density at radius 3 is 2.32 bits per heavy atom. The summed E-state index contributed by atoms with van der Waals surface area (Å²) in [7, 11) is 1.74. The molecule has 0 radical (unpaired) electrons. The van der Waals surface area contributed by atoms with Gasteiger partial charge in [-0.1, -0.05) is 63.3 Å². The monoisotopic (exact) mass is 581 g/mol. The van der Waals surface area contributed by atoms with Crippen molar-refractivity contribution < 1.29 is 19.5 Å². The number of aliphatic hydroxyl groups excluding tert-OH is 1. The number of nitrogens with zero attached hydrogens (tertiary/aromatic N) is 3. The van der Waals surface area contributed by atoms with Gasteiger partial charge in [-0.15, -0.1) is 24.9 Å². The van der Waals surface area contributed by atoms with E-state index < -0.39 is 34.2 Å². The summed E-state index contributed by atoms with van der Waals surface area (Å²) in [5, 5.41) is 10.7. The van der Waals surface area contributed by atoms with E-state index in [-0.39, 0.29) is 35.0 Å². The molecule has 1 spiro atoms. The van der Waals surface area contributed by atoms with E-state index in [0.29, 0.717) is 19.5 Å². The molecular weight excluding hydrogens is 534 g/mol. The highest BCUT2D eigenvalue weighted by Crippen LogP contribution is 2.67. The van der Waals surface area contributed by atoms with Crippen LogP contribution in [0, 0.1) is 17.3 Å². The number of carbonyl (C=O) groups excluding carboxylic acids is 3. The Morgan fingerprint density at radius 1 is 1.12 bits per heavy atom. The average molecular weight is 582 g/mol. The Hall–Kier alpha value is -2.58. The lowest BCUT2D eigenvalue weighted by Gasteiger charge is -2.46. The number of thioether (sulfide) groups is 1. The molecule has 8 heteroatoms. The van der Waals surface area contributed by atoms with Gasteiger partial charge in [0.25, 0.3) is 0 Å². The molecule has 2 bridgehead atoms. The van der Waals surface area contributed by atoms with Crippen molar-refractivity contribution in [1.29, 1.82) is 0 Å². The Bertz CT molecular complexity index is 1180. The van der Waals surface area contributed by atoms with Gasteiger partial charge in [-0.25, -0.2) is 0 Å². The van der Waals surface area contributed by atoms with Crippen LogP contribution < -0.4 is 0 Å². The minimum Gasteiger partial charge on any atom is -0.394 e. The number of hydrogen-bond acceptors (Lipinski definition) is 5. The Kier molecular flexibility index (Phi) is 8.87. The summed E-state index contributed by atoms with van der Waals surface area (Å²) in [6.45, 7) is 18.8. The van der Waals surface area contributed by atoms with Gasteiger partial charge in [0.15, 0.2) is 0 Å². The summed E-state index contributed by atoms with van der Waals surface area (Å²) in [6, 6.07) is 7.91. The predicted octanol–water partition coefficient (Wildman–Crippen LogP) is 4.69. The van der Waals surface area contributed by atoms with Gasteiger partial charge in [0.1, 0.15) is 6.04 Å². The second-order valence-electron chi connectivity index (χ2n) is 13.7. The highest BCUT2D eigenvalue weighted by atomic mass is 32.2. The van der Waals surface area contributed by atoms with E-state index in [1.165, 1.54) is 0 Å². The molecule has 6 atom stereocenters. The van der Waals surface area contributed by atoms with E-state index in [4.69, 9.17) is 0 Å². The lowest BCUT2D eigenvalue weighted by atomic mass is 9.70. The summed E-state index contributed by atoms with van der Waals surface area (Å²) in [5.41, 5.74) is 0.212. The number of fused-ring (bicyclic) bond motifs is 1. The smallest absolute Gasteiger partial charge is 0.247 e. The van der Waals surface area contributed by atoms with Gasteiger partial charge < -0.3 is 19.8 Å². The van der Waals surface area contributed by atoms with Gasteiger partial charge in [0.2, 0.25) is 17.7 Å². The third-order valence-corrected chi connectivity index (χ3v) is 11.0. The molecule has 3 aliphatic rings. The van der Waals surface area contributed by atoms with Crippen LogP contribution in [0.1, 0.15) is 65.5 Å². The molecule has 2 unspecified atom stereocenters. The van der Waals surface area contributed by atoms with E-state index in [9.17, 15) is 19.5 Å². The quantitative estimate of drug-likeness (QED) is 0.384. The first-order chi connectivity index (χ1) is 19.2. The topological polar surface area (TPSA) is 81.2 Å². The molecule has 3 heterocycles. The Balaban J connectivity index is 1.86. The lowest BCUT2D eigenvalue weighted by Crippen LogP contribution is -2.60. The maximum Gasteiger partial charge on any atom is 0.247 e. The molecule has 3 saturated heterocycles. The SMILES string of the molecule is C=CCN(C)C(=O)[C@@H]1[C@@H]2CCC3(S2)C(C(=O)N(CC=C)C(C)(C)CC(C)(C)C)N([C@H](CO)c2ccccc2)C(=O)[C@H]13. The van der Waals surface area contributed by atoms with Gasteiger partial charge >= 0.3 is 0 Å². The number of amides is 3. The maximum absolute atomic E-state index is 15.0. The van der Waals surface area contributed by atoms with Crippen molar-refractivity contribution in [2.75, 3.05) is 26.7 Å². The lowest BCUT2D eigenvalue weighted by molar-refractivity contribution is -0.149. The first-order valence-corrected chi connectivity index (χ1v) is 15.6. The molecule has 0 saturated carbocycles. The predicted molar refractivity (Wildman–Crippen MR) is 165 cm³/mol. The maximum atomic E-state index is 15.0. The van der Waals surface area contributed by atoms with Crippen LogP contribution in [-0.2, 0) is 14.4 Å². The van der Waals surface area contributed by atoms with Crippen LogP contribution in [0.2, 0.25) is 0 Å². The number of aliphatic hydroxyl groups is 1. The summed E-state index contributed by atoms with van der Waals surface area (Å²) in [5.74, 6) is -1.57. The van der Waals surface area contributed by atoms with Crippen molar-refractivity contribution in [3.05, 3.63) is 61.2 Å². The molecule has 224 valence electrons. The van der Waals surface area contributed by atoms with Crippen molar-refractivity contribution in [3.63, 3.8) is 0 Å². The largest absolute Gasteiger partial charge is 0.394 e. The standard InChI is InChI=1S/C33H47N3O4S/c1-9-18-34(8)28(38)25-24-16-17-33(41-24)26(25)29(39)36(23(20-37)22-14-12-11-13-15-22)27(33)30(40)35(19-10-2)32(6,7)21-31(3,4)5/h9-15,23-27,37H,1-2,16-21H2,3-8H3/t23-,24+,25-,26+,27?,33?/m1/s1. The number of carbonyl (C=O) groups is 3. The fraction of sp³-hybridized carbons (Fsp3) is 0.606. The van der Waals surface area contributed by atoms with Crippen LogP contribution in [0.5, 0.6) is 0 Å². The molecule has 1 aromatic carbocycles. The third kappa shape index (κ3) is 5.50. The highest BCUT2D eigenvalue weighted by Gasteiger charge is 2.75.